The van der Waals surface area contributed by atoms with Gasteiger partial charge in [0.15, 0.2) is 6.61 Å². The number of ether oxygens (including phenoxy) is 1. The molecule has 3 rings (SSSR count). The van der Waals surface area contributed by atoms with Crippen LogP contribution in [0.25, 0.3) is 0 Å². The summed E-state index contributed by atoms with van der Waals surface area (Å²) < 4.78 is 31.6. The molecule has 0 bridgehead atoms. The highest BCUT2D eigenvalue weighted by Crippen LogP contribution is 2.26. The maximum absolute atomic E-state index is 12.4. The van der Waals surface area contributed by atoms with Gasteiger partial charge in [0.2, 0.25) is 10.0 Å². The molecule has 1 unspecified atom stereocenters. The minimum absolute atomic E-state index is 0.110. The van der Waals surface area contributed by atoms with E-state index in [9.17, 15) is 13.2 Å². The van der Waals surface area contributed by atoms with Crippen LogP contribution in [0.4, 0.5) is 5.69 Å². The van der Waals surface area contributed by atoms with Gasteiger partial charge in [0.25, 0.3) is 5.91 Å². The fraction of sp³-hybridized carbons (Fsp3) is 0.208. The minimum atomic E-state index is -3.54. The number of nitrogens with zero attached hydrogens (tertiary/aromatic N) is 1. The second kappa shape index (κ2) is 10.5. The van der Waals surface area contributed by atoms with E-state index >= 15 is 0 Å². The molecule has 3 aromatic carbocycles. The van der Waals surface area contributed by atoms with Crippen molar-refractivity contribution in [1.29, 1.82) is 0 Å². The highest BCUT2D eigenvalue weighted by Gasteiger charge is 2.19. The quantitative estimate of drug-likeness (QED) is 0.495. The fourth-order valence-corrected chi connectivity index (χ4v) is 4.22. The number of benzene rings is 3. The first-order valence-corrected chi connectivity index (χ1v) is 12.2. The summed E-state index contributed by atoms with van der Waals surface area (Å²) in [6, 6.07) is 23.2. The summed E-state index contributed by atoms with van der Waals surface area (Å²) in [6.07, 6.45) is 1.15. The molecule has 32 heavy (non-hydrogen) atoms. The lowest BCUT2D eigenvalue weighted by atomic mass is 10.1. The predicted octanol–water partition coefficient (Wildman–Crippen LogP) is 4.56. The van der Waals surface area contributed by atoms with Crippen molar-refractivity contribution in [3.05, 3.63) is 95.0 Å². The van der Waals surface area contributed by atoms with E-state index in [-0.39, 0.29) is 25.1 Å². The minimum Gasteiger partial charge on any atom is -0.484 e. The summed E-state index contributed by atoms with van der Waals surface area (Å²) in [7, 11) is -3.54. The second-order valence-corrected chi connectivity index (χ2v) is 9.66. The molecular weight excluding hydrogens is 448 g/mol. The summed E-state index contributed by atoms with van der Waals surface area (Å²) in [5.74, 6) is 0.212. The lowest BCUT2D eigenvalue weighted by Crippen LogP contribution is -2.31. The molecular formula is C24H25ClN2O4S. The Morgan fingerprint density at radius 2 is 1.62 bits per heavy atom. The molecule has 6 nitrogen and oxygen atoms in total. The van der Waals surface area contributed by atoms with E-state index in [1.54, 1.807) is 42.5 Å². The molecule has 0 fully saturated rings. The van der Waals surface area contributed by atoms with Crippen molar-refractivity contribution in [2.24, 2.45) is 0 Å². The van der Waals surface area contributed by atoms with Gasteiger partial charge < -0.3 is 10.1 Å². The van der Waals surface area contributed by atoms with E-state index in [1.165, 1.54) is 4.31 Å². The largest absolute Gasteiger partial charge is 0.484 e. The molecule has 0 saturated heterocycles. The van der Waals surface area contributed by atoms with E-state index < -0.39 is 10.0 Å². The number of rotatable bonds is 9. The Bertz CT molecular complexity index is 1150. The Morgan fingerprint density at radius 3 is 2.25 bits per heavy atom. The Labute approximate surface area is 193 Å². The monoisotopic (exact) mass is 472 g/mol. The molecule has 0 aliphatic carbocycles. The van der Waals surface area contributed by atoms with Crippen LogP contribution < -0.4 is 14.4 Å². The van der Waals surface area contributed by atoms with Crippen LogP contribution in [0.5, 0.6) is 5.75 Å². The summed E-state index contributed by atoms with van der Waals surface area (Å²) in [5, 5.41) is 3.38. The normalized spacial score (nSPS) is 12.1. The number of amides is 1. The predicted molar refractivity (Wildman–Crippen MR) is 127 cm³/mol. The molecule has 0 aromatic heterocycles. The van der Waals surface area contributed by atoms with Gasteiger partial charge in [0, 0.05) is 5.02 Å². The number of carbonyl (C=O) groups is 1. The van der Waals surface area contributed by atoms with Gasteiger partial charge in [-0.2, -0.15) is 0 Å². The maximum atomic E-state index is 12.4. The summed E-state index contributed by atoms with van der Waals surface area (Å²) in [6.45, 7) is 1.87. The van der Waals surface area contributed by atoms with Crippen LogP contribution in [0.2, 0.25) is 5.02 Å². The molecule has 0 heterocycles. The number of hydrogen-bond acceptors (Lipinski definition) is 4. The Kier molecular flexibility index (Phi) is 7.77. The molecule has 168 valence electrons. The van der Waals surface area contributed by atoms with Crippen LogP contribution in [-0.4, -0.2) is 27.2 Å². The van der Waals surface area contributed by atoms with E-state index in [4.69, 9.17) is 16.3 Å². The Hall–Kier alpha value is -3.03. The summed E-state index contributed by atoms with van der Waals surface area (Å²) >= 11 is 6.20. The van der Waals surface area contributed by atoms with Crippen molar-refractivity contribution in [1.82, 2.24) is 5.32 Å². The number of nitrogens with one attached hydrogen (secondary N) is 1. The van der Waals surface area contributed by atoms with Crippen LogP contribution >= 0.6 is 11.6 Å². The highest BCUT2D eigenvalue weighted by molar-refractivity contribution is 7.92. The zero-order valence-corrected chi connectivity index (χ0v) is 19.4. The third kappa shape index (κ3) is 6.48. The van der Waals surface area contributed by atoms with Gasteiger partial charge in [-0.3, -0.25) is 9.10 Å². The number of anilines is 1. The smallest absolute Gasteiger partial charge is 0.258 e. The molecule has 1 N–H and O–H groups in total. The molecule has 1 amide bonds. The van der Waals surface area contributed by atoms with E-state index in [0.717, 1.165) is 11.8 Å². The van der Waals surface area contributed by atoms with Crippen molar-refractivity contribution in [3.63, 3.8) is 0 Å². The SMILES string of the molecule is CC(NC(=O)COc1ccc(N(Cc2ccccc2Cl)S(C)(=O)=O)cc1)c1ccccc1. The van der Waals surface area contributed by atoms with Gasteiger partial charge in [-0.05, 0) is 48.4 Å². The van der Waals surface area contributed by atoms with Crippen molar-refractivity contribution in [2.75, 3.05) is 17.2 Å². The van der Waals surface area contributed by atoms with Crippen LogP contribution in [0.15, 0.2) is 78.9 Å². The van der Waals surface area contributed by atoms with Crippen molar-refractivity contribution >= 4 is 33.2 Å². The molecule has 0 saturated carbocycles. The Morgan fingerprint density at radius 1 is 1.00 bits per heavy atom. The average Bonchev–Trinajstić information content (AvgIpc) is 2.77. The van der Waals surface area contributed by atoms with Crippen molar-refractivity contribution < 1.29 is 17.9 Å². The van der Waals surface area contributed by atoms with Crippen LogP contribution in [0.3, 0.4) is 0 Å². The summed E-state index contributed by atoms with van der Waals surface area (Å²) in [5.41, 5.74) is 2.18. The number of hydrogen-bond donors (Lipinski definition) is 1. The van der Waals surface area contributed by atoms with Gasteiger partial charge in [-0.1, -0.05) is 60.1 Å². The van der Waals surface area contributed by atoms with Crippen LogP contribution in [0.1, 0.15) is 24.1 Å². The van der Waals surface area contributed by atoms with Gasteiger partial charge in [-0.25, -0.2) is 8.42 Å². The number of sulfonamides is 1. The third-order valence-corrected chi connectivity index (χ3v) is 6.35. The second-order valence-electron chi connectivity index (χ2n) is 7.34. The third-order valence-electron chi connectivity index (χ3n) is 4.84. The molecule has 1 atom stereocenters. The molecule has 0 aliphatic heterocycles. The lowest BCUT2D eigenvalue weighted by Gasteiger charge is -2.23. The summed E-state index contributed by atoms with van der Waals surface area (Å²) in [4.78, 5) is 12.2. The number of carbonyl (C=O) groups excluding carboxylic acids is 1. The standard InChI is InChI=1S/C24H25ClN2O4S/c1-18(19-8-4-3-5-9-19)26-24(28)17-31-22-14-12-21(13-15-22)27(32(2,29)30)16-20-10-6-7-11-23(20)25/h3-15,18H,16-17H2,1-2H3,(H,26,28). The van der Waals surface area contributed by atoms with Crippen LogP contribution in [0, 0.1) is 0 Å². The Balaban J connectivity index is 1.62. The molecule has 3 aromatic rings. The lowest BCUT2D eigenvalue weighted by molar-refractivity contribution is -0.123. The molecule has 0 aliphatic rings. The maximum Gasteiger partial charge on any atom is 0.258 e. The zero-order valence-electron chi connectivity index (χ0n) is 17.9. The van der Waals surface area contributed by atoms with Crippen LogP contribution in [-0.2, 0) is 21.4 Å². The molecule has 0 spiro atoms. The first-order valence-electron chi connectivity index (χ1n) is 10.0. The number of halogens is 1. The van der Waals surface area contributed by atoms with E-state index in [1.807, 2.05) is 43.3 Å². The van der Waals surface area contributed by atoms with E-state index in [2.05, 4.69) is 5.32 Å². The molecule has 8 heteroatoms. The first-order chi connectivity index (χ1) is 15.2. The zero-order chi connectivity index (χ0) is 23.1. The van der Waals surface area contributed by atoms with Gasteiger partial charge in [-0.15, -0.1) is 0 Å². The van der Waals surface area contributed by atoms with Gasteiger partial charge in [0.1, 0.15) is 5.75 Å². The van der Waals surface area contributed by atoms with Crippen molar-refractivity contribution in [3.8, 4) is 5.75 Å². The van der Waals surface area contributed by atoms with E-state index in [0.29, 0.717) is 22.0 Å². The first kappa shape index (κ1) is 23.6. The van der Waals surface area contributed by atoms with Crippen molar-refractivity contribution in [2.45, 2.75) is 19.5 Å². The topological polar surface area (TPSA) is 75.7 Å². The highest BCUT2D eigenvalue weighted by atomic mass is 35.5. The molecule has 0 radical (unpaired) electrons. The fourth-order valence-electron chi connectivity index (χ4n) is 3.15. The van der Waals surface area contributed by atoms with Gasteiger partial charge >= 0.3 is 0 Å². The average molecular weight is 473 g/mol. The van der Waals surface area contributed by atoms with Gasteiger partial charge in [0.05, 0.1) is 24.5 Å².